The van der Waals surface area contributed by atoms with Crippen molar-refractivity contribution >= 4 is 5.91 Å². The third-order valence-corrected chi connectivity index (χ3v) is 3.45. The molecule has 0 N–H and O–H groups in total. The molecule has 110 valence electrons. The summed E-state index contributed by atoms with van der Waals surface area (Å²) in [5.41, 5.74) is 2.34. The highest BCUT2D eigenvalue weighted by Gasteiger charge is 2.19. The van der Waals surface area contributed by atoms with Crippen molar-refractivity contribution in [1.82, 2.24) is 4.90 Å². The van der Waals surface area contributed by atoms with Crippen LogP contribution in [0.4, 0.5) is 0 Å². The predicted molar refractivity (Wildman–Crippen MR) is 84.2 cm³/mol. The summed E-state index contributed by atoms with van der Waals surface area (Å²) < 4.78 is 5.67. The molecule has 3 heteroatoms. The minimum atomic E-state index is -0.499. The van der Waals surface area contributed by atoms with Crippen LogP contribution in [0.3, 0.4) is 0 Å². The van der Waals surface area contributed by atoms with Crippen molar-refractivity contribution in [2.24, 2.45) is 0 Å². The Balaban J connectivity index is 1.97. The van der Waals surface area contributed by atoms with Crippen LogP contribution in [0.2, 0.25) is 0 Å². The molecule has 0 bridgehead atoms. The van der Waals surface area contributed by atoms with Crippen LogP contribution in [0.15, 0.2) is 54.6 Å². The molecule has 3 nitrogen and oxygen atoms in total. The molecule has 0 spiro atoms. The van der Waals surface area contributed by atoms with E-state index in [0.29, 0.717) is 12.3 Å². The molecular formula is C18H21NO2. The standard InChI is InChI=1S/C18H21NO2/c1-14-9-7-8-10-16(14)13-19(3)18(20)15(2)21-17-11-5-4-6-12-17/h4-12,15H,13H2,1-3H3. The molecule has 2 aromatic rings. The van der Waals surface area contributed by atoms with Crippen LogP contribution < -0.4 is 4.74 Å². The summed E-state index contributed by atoms with van der Waals surface area (Å²) in [6.07, 6.45) is -0.499. The summed E-state index contributed by atoms with van der Waals surface area (Å²) >= 11 is 0. The van der Waals surface area contributed by atoms with Crippen molar-refractivity contribution in [1.29, 1.82) is 0 Å². The number of benzene rings is 2. The van der Waals surface area contributed by atoms with Gasteiger partial charge in [0.05, 0.1) is 0 Å². The van der Waals surface area contributed by atoms with Crippen LogP contribution in [-0.2, 0) is 11.3 Å². The third-order valence-electron chi connectivity index (χ3n) is 3.45. The third kappa shape index (κ3) is 4.09. The van der Waals surface area contributed by atoms with Crippen LogP contribution in [0.5, 0.6) is 5.75 Å². The van der Waals surface area contributed by atoms with Gasteiger partial charge in [-0.1, -0.05) is 42.5 Å². The van der Waals surface area contributed by atoms with Crippen molar-refractivity contribution in [3.63, 3.8) is 0 Å². The normalized spacial score (nSPS) is 11.8. The van der Waals surface area contributed by atoms with E-state index in [1.54, 1.807) is 18.9 Å². The second-order valence-electron chi connectivity index (χ2n) is 5.19. The second kappa shape index (κ2) is 6.93. The van der Waals surface area contributed by atoms with Gasteiger partial charge in [-0.05, 0) is 37.1 Å². The van der Waals surface area contributed by atoms with Gasteiger partial charge in [0.25, 0.3) is 5.91 Å². The zero-order valence-electron chi connectivity index (χ0n) is 12.7. The van der Waals surface area contributed by atoms with Crippen LogP contribution in [-0.4, -0.2) is 24.0 Å². The van der Waals surface area contributed by atoms with Gasteiger partial charge in [0, 0.05) is 13.6 Å². The minimum absolute atomic E-state index is 0.0258. The van der Waals surface area contributed by atoms with Gasteiger partial charge < -0.3 is 9.64 Å². The van der Waals surface area contributed by atoms with Crippen molar-refractivity contribution in [3.05, 3.63) is 65.7 Å². The van der Waals surface area contributed by atoms with E-state index in [1.165, 1.54) is 5.56 Å². The molecule has 0 heterocycles. The first kappa shape index (κ1) is 15.1. The number of hydrogen-bond donors (Lipinski definition) is 0. The topological polar surface area (TPSA) is 29.5 Å². The van der Waals surface area contributed by atoms with Crippen LogP contribution >= 0.6 is 0 Å². The molecular weight excluding hydrogens is 262 g/mol. The average molecular weight is 283 g/mol. The van der Waals surface area contributed by atoms with Crippen molar-refractivity contribution in [2.45, 2.75) is 26.5 Å². The molecule has 0 aromatic heterocycles. The van der Waals surface area contributed by atoms with E-state index in [1.807, 2.05) is 48.5 Å². The Kier molecular flexibility index (Phi) is 4.99. The van der Waals surface area contributed by atoms with E-state index in [2.05, 4.69) is 13.0 Å². The molecule has 0 aliphatic heterocycles. The average Bonchev–Trinajstić information content (AvgIpc) is 2.49. The Labute approximate surface area is 126 Å². The molecule has 0 aliphatic rings. The quantitative estimate of drug-likeness (QED) is 0.841. The maximum Gasteiger partial charge on any atom is 0.263 e. The number of ether oxygens (including phenoxy) is 1. The molecule has 0 fully saturated rings. The Bertz CT molecular complexity index is 595. The SMILES string of the molecule is Cc1ccccc1CN(C)C(=O)C(C)Oc1ccccc1. The summed E-state index contributed by atoms with van der Waals surface area (Å²) in [4.78, 5) is 14.1. The van der Waals surface area contributed by atoms with E-state index in [0.717, 1.165) is 5.56 Å². The summed E-state index contributed by atoms with van der Waals surface area (Å²) in [5, 5.41) is 0. The largest absolute Gasteiger partial charge is 0.481 e. The van der Waals surface area contributed by atoms with Gasteiger partial charge in [0.2, 0.25) is 0 Å². The number of aryl methyl sites for hydroxylation is 1. The molecule has 1 unspecified atom stereocenters. The van der Waals surface area contributed by atoms with Gasteiger partial charge in [0.15, 0.2) is 6.10 Å². The van der Waals surface area contributed by atoms with Gasteiger partial charge in [-0.25, -0.2) is 0 Å². The Morgan fingerprint density at radius 2 is 1.71 bits per heavy atom. The van der Waals surface area contributed by atoms with Gasteiger partial charge in [0.1, 0.15) is 5.75 Å². The number of hydrogen-bond acceptors (Lipinski definition) is 2. The van der Waals surface area contributed by atoms with Crippen LogP contribution in [0.1, 0.15) is 18.1 Å². The highest BCUT2D eigenvalue weighted by Crippen LogP contribution is 2.14. The molecule has 0 saturated carbocycles. The van der Waals surface area contributed by atoms with E-state index >= 15 is 0 Å². The maximum atomic E-state index is 12.4. The Morgan fingerprint density at radius 1 is 1.10 bits per heavy atom. The van der Waals surface area contributed by atoms with Gasteiger partial charge >= 0.3 is 0 Å². The minimum Gasteiger partial charge on any atom is -0.481 e. The number of carbonyl (C=O) groups excluding carboxylic acids is 1. The van der Waals surface area contributed by atoms with Gasteiger partial charge in [-0.2, -0.15) is 0 Å². The van der Waals surface area contributed by atoms with Crippen LogP contribution in [0, 0.1) is 6.92 Å². The molecule has 21 heavy (non-hydrogen) atoms. The number of para-hydroxylation sites is 1. The van der Waals surface area contributed by atoms with Crippen LogP contribution in [0.25, 0.3) is 0 Å². The lowest BCUT2D eigenvalue weighted by Gasteiger charge is -2.23. The number of amides is 1. The Hall–Kier alpha value is -2.29. The monoisotopic (exact) mass is 283 g/mol. The smallest absolute Gasteiger partial charge is 0.263 e. The molecule has 0 aliphatic carbocycles. The van der Waals surface area contributed by atoms with Crippen molar-refractivity contribution in [3.8, 4) is 5.75 Å². The fourth-order valence-corrected chi connectivity index (χ4v) is 2.18. The van der Waals surface area contributed by atoms with E-state index in [4.69, 9.17) is 4.74 Å². The van der Waals surface area contributed by atoms with Crippen molar-refractivity contribution < 1.29 is 9.53 Å². The molecule has 0 saturated heterocycles. The highest BCUT2D eigenvalue weighted by molar-refractivity contribution is 5.80. The van der Waals surface area contributed by atoms with E-state index < -0.39 is 6.10 Å². The molecule has 2 aromatic carbocycles. The highest BCUT2D eigenvalue weighted by atomic mass is 16.5. The first-order valence-electron chi connectivity index (χ1n) is 7.09. The van der Waals surface area contributed by atoms with Gasteiger partial charge in [-0.3, -0.25) is 4.79 Å². The second-order valence-corrected chi connectivity index (χ2v) is 5.19. The fraction of sp³-hybridized carbons (Fsp3) is 0.278. The first-order chi connectivity index (χ1) is 10.1. The fourth-order valence-electron chi connectivity index (χ4n) is 2.18. The van der Waals surface area contributed by atoms with E-state index in [9.17, 15) is 4.79 Å². The summed E-state index contributed by atoms with van der Waals surface area (Å²) in [6, 6.07) is 17.5. The zero-order valence-corrected chi connectivity index (χ0v) is 12.7. The summed E-state index contributed by atoms with van der Waals surface area (Å²) in [5.74, 6) is 0.685. The summed E-state index contributed by atoms with van der Waals surface area (Å²) in [7, 11) is 1.81. The van der Waals surface area contributed by atoms with Crippen molar-refractivity contribution in [2.75, 3.05) is 7.05 Å². The molecule has 0 radical (unpaired) electrons. The van der Waals surface area contributed by atoms with Gasteiger partial charge in [-0.15, -0.1) is 0 Å². The molecule has 1 amide bonds. The lowest BCUT2D eigenvalue weighted by Crippen LogP contribution is -2.37. The predicted octanol–water partition coefficient (Wildman–Crippen LogP) is 3.42. The lowest BCUT2D eigenvalue weighted by atomic mass is 10.1. The number of carbonyl (C=O) groups is 1. The lowest BCUT2D eigenvalue weighted by molar-refractivity contribution is -0.137. The Morgan fingerprint density at radius 3 is 2.38 bits per heavy atom. The number of nitrogens with zero attached hydrogens (tertiary/aromatic N) is 1. The molecule has 1 atom stereocenters. The summed E-state index contributed by atoms with van der Waals surface area (Å²) in [6.45, 7) is 4.43. The maximum absolute atomic E-state index is 12.4. The number of rotatable bonds is 5. The first-order valence-corrected chi connectivity index (χ1v) is 7.09. The molecule has 2 rings (SSSR count). The van der Waals surface area contributed by atoms with E-state index in [-0.39, 0.29) is 5.91 Å². The number of likely N-dealkylation sites (N-methyl/N-ethyl adjacent to an activating group) is 1. The zero-order chi connectivity index (χ0) is 15.2.